The van der Waals surface area contributed by atoms with Crippen LogP contribution in [0.4, 0.5) is 4.79 Å². The molecule has 118 valence electrons. The zero-order chi connectivity index (χ0) is 16.7. The van der Waals surface area contributed by atoms with Crippen molar-refractivity contribution in [2.45, 2.75) is 18.9 Å². The van der Waals surface area contributed by atoms with Crippen LogP contribution in [-0.4, -0.2) is 23.7 Å². The number of nitriles is 1. The van der Waals surface area contributed by atoms with Crippen molar-refractivity contribution < 1.29 is 14.7 Å². The van der Waals surface area contributed by atoms with Gasteiger partial charge in [0.25, 0.3) is 0 Å². The van der Waals surface area contributed by atoms with Crippen LogP contribution in [0.1, 0.15) is 24.4 Å². The lowest BCUT2D eigenvalue weighted by molar-refractivity contribution is -0.121. The molecule has 6 nitrogen and oxygen atoms in total. The summed E-state index contributed by atoms with van der Waals surface area (Å²) in [6.45, 7) is 0.257. The van der Waals surface area contributed by atoms with Gasteiger partial charge in [0, 0.05) is 6.54 Å². The van der Waals surface area contributed by atoms with Crippen molar-refractivity contribution in [2.24, 2.45) is 0 Å². The first-order valence-electron chi connectivity index (χ1n) is 7.22. The number of carbonyl (C=O) groups is 2. The number of hydrogen-bond acceptors (Lipinski definition) is 3. The number of fused-ring (bicyclic) bond motifs is 1. The summed E-state index contributed by atoms with van der Waals surface area (Å²) < 4.78 is 0. The number of amides is 2. The molecule has 6 heteroatoms. The summed E-state index contributed by atoms with van der Waals surface area (Å²) in [5, 5.41) is 24.5. The Balaban J connectivity index is 2.17. The lowest BCUT2D eigenvalue weighted by Gasteiger charge is -2.17. The van der Waals surface area contributed by atoms with Gasteiger partial charge in [-0.1, -0.05) is 36.4 Å². The molecule has 0 saturated heterocycles. The molecule has 0 bridgehead atoms. The van der Waals surface area contributed by atoms with Gasteiger partial charge in [-0.25, -0.2) is 4.79 Å². The van der Waals surface area contributed by atoms with E-state index in [4.69, 9.17) is 10.4 Å². The molecule has 2 aromatic carbocycles. The van der Waals surface area contributed by atoms with Gasteiger partial charge in [0.1, 0.15) is 0 Å². The van der Waals surface area contributed by atoms with Crippen LogP contribution in [-0.2, 0) is 4.79 Å². The second-order valence-corrected chi connectivity index (χ2v) is 5.07. The summed E-state index contributed by atoms with van der Waals surface area (Å²) in [6, 6.07) is 14.6. The third-order valence-electron chi connectivity index (χ3n) is 3.42. The maximum Gasteiger partial charge on any atom is 0.405 e. The third kappa shape index (κ3) is 4.71. The van der Waals surface area contributed by atoms with E-state index in [1.807, 2.05) is 48.5 Å². The average Bonchev–Trinajstić information content (AvgIpc) is 2.53. The van der Waals surface area contributed by atoms with Crippen LogP contribution in [0, 0.1) is 11.3 Å². The van der Waals surface area contributed by atoms with Gasteiger partial charge >= 0.3 is 6.09 Å². The van der Waals surface area contributed by atoms with Gasteiger partial charge < -0.3 is 15.7 Å². The van der Waals surface area contributed by atoms with E-state index < -0.39 is 12.1 Å². The molecule has 0 aromatic heterocycles. The molecule has 0 heterocycles. The molecule has 0 radical (unpaired) electrons. The van der Waals surface area contributed by atoms with Crippen LogP contribution in [0.2, 0.25) is 0 Å². The van der Waals surface area contributed by atoms with Crippen LogP contribution in [0.15, 0.2) is 42.5 Å². The fourth-order valence-electron chi connectivity index (χ4n) is 2.34. The van der Waals surface area contributed by atoms with Gasteiger partial charge in [0.05, 0.1) is 25.0 Å². The van der Waals surface area contributed by atoms with Crippen LogP contribution < -0.4 is 10.6 Å². The minimum atomic E-state index is -1.19. The lowest BCUT2D eigenvalue weighted by Crippen LogP contribution is -2.33. The average molecular weight is 311 g/mol. The zero-order valence-electron chi connectivity index (χ0n) is 12.5. The molecule has 1 unspecified atom stereocenters. The predicted octanol–water partition coefficient (Wildman–Crippen LogP) is 2.57. The summed E-state index contributed by atoms with van der Waals surface area (Å²) in [5.41, 5.74) is 0.724. The molecule has 0 fully saturated rings. The number of nitrogens with zero attached hydrogens (tertiary/aromatic N) is 1. The van der Waals surface area contributed by atoms with Gasteiger partial charge in [-0.15, -0.1) is 0 Å². The highest BCUT2D eigenvalue weighted by Crippen LogP contribution is 2.22. The summed E-state index contributed by atoms with van der Waals surface area (Å²) in [7, 11) is 0. The van der Waals surface area contributed by atoms with Crippen molar-refractivity contribution in [3.8, 4) is 6.07 Å². The Labute approximate surface area is 133 Å². The molecule has 2 rings (SSSR count). The van der Waals surface area contributed by atoms with Gasteiger partial charge in [-0.05, 0) is 22.4 Å². The third-order valence-corrected chi connectivity index (χ3v) is 3.42. The molecule has 2 amide bonds. The SMILES string of the molecule is N#CCCNC(=O)CC(NC(=O)O)c1ccc2ccccc2c1. The van der Waals surface area contributed by atoms with Crippen LogP contribution >= 0.6 is 0 Å². The Bertz CT molecular complexity index is 752. The molecule has 0 saturated carbocycles. The van der Waals surface area contributed by atoms with Crippen LogP contribution in [0.25, 0.3) is 10.8 Å². The van der Waals surface area contributed by atoms with Crippen molar-refractivity contribution in [1.29, 1.82) is 5.26 Å². The molecule has 1 atom stereocenters. The monoisotopic (exact) mass is 311 g/mol. The van der Waals surface area contributed by atoms with E-state index in [1.54, 1.807) is 0 Å². The Morgan fingerprint density at radius 2 is 1.91 bits per heavy atom. The number of rotatable bonds is 6. The van der Waals surface area contributed by atoms with E-state index in [-0.39, 0.29) is 25.3 Å². The Hall–Kier alpha value is -3.07. The van der Waals surface area contributed by atoms with E-state index in [9.17, 15) is 9.59 Å². The van der Waals surface area contributed by atoms with Gasteiger partial charge in [-0.2, -0.15) is 5.26 Å². The molecule has 0 aliphatic rings. The highest BCUT2D eigenvalue weighted by molar-refractivity contribution is 5.84. The van der Waals surface area contributed by atoms with E-state index in [2.05, 4.69) is 10.6 Å². The molecule has 23 heavy (non-hydrogen) atoms. The number of carbonyl (C=O) groups excluding carboxylic acids is 1. The summed E-state index contributed by atoms with van der Waals surface area (Å²) in [5.74, 6) is -0.299. The summed E-state index contributed by atoms with van der Waals surface area (Å²) in [6.07, 6.45) is -0.984. The highest BCUT2D eigenvalue weighted by atomic mass is 16.4. The lowest BCUT2D eigenvalue weighted by atomic mass is 9.99. The maximum absolute atomic E-state index is 11.9. The molecular formula is C17H17N3O3. The smallest absolute Gasteiger partial charge is 0.405 e. The fraction of sp³-hybridized carbons (Fsp3) is 0.235. The zero-order valence-corrected chi connectivity index (χ0v) is 12.5. The minimum Gasteiger partial charge on any atom is -0.465 e. The molecule has 0 aliphatic heterocycles. The number of nitrogens with one attached hydrogen (secondary N) is 2. The minimum absolute atomic E-state index is 0.0178. The first kappa shape index (κ1) is 16.3. The summed E-state index contributed by atoms with van der Waals surface area (Å²) in [4.78, 5) is 22.9. The Morgan fingerprint density at radius 3 is 2.61 bits per heavy atom. The first-order valence-corrected chi connectivity index (χ1v) is 7.22. The molecule has 0 spiro atoms. The van der Waals surface area contributed by atoms with Crippen molar-refractivity contribution in [3.05, 3.63) is 48.0 Å². The second kappa shape index (κ2) is 7.80. The van der Waals surface area contributed by atoms with E-state index in [0.717, 1.165) is 16.3 Å². The molecular weight excluding hydrogens is 294 g/mol. The first-order chi connectivity index (χ1) is 11.1. The van der Waals surface area contributed by atoms with E-state index in [1.165, 1.54) is 0 Å². The number of carboxylic acid groups (broad SMARTS) is 1. The molecule has 2 aromatic rings. The van der Waals surface area contributed by atoms with Crippen molar-refractivity contribution in [3.63, 3.8) is 0 Å². The second-order valence-electron chi connectivity index (χ2n) is 5.07. The van der Waals surface area contributed by atoms with E-state index >= 15 is 0 Å². The number of hydrogen-bond donors (Lipinski definition) is 3. The van der Waals surface area contributed by atoms with Gasteiger partial charge in [-0.3, -0.25) is 4.79 Å². The van der Waals surface area contributed by atoms with Crippen molar-refractivity contribution in [1.82, 2.24) is 10.6 Å². The topological polar surface area (TPSA) is 102 Å². The maximum atomic E-state index is 11.9. The van der Waals surface area contributed by atoms with Crippen LogP contribution in [0.3, 0.4) is 0 Å². The summed E-state index contributed by atoms with van der Waals surface area (Å²) >= 11 is 0. The molecule has 3 N–H and O–H groups in total. The Morgan fingerprint density at radius 1 is 1.17 bits per heavy atom. The Kier molecular flexibility index (Phi) is 5.53. The normalized spacial score (nSPS) is 11.4. The van der Waals surface area contributed by atoms with Gasteiger partial charge in [0.2, 0.25) is 5.91 Å². The largest absolute Gasteiger partial charge is 0.465 e. The van der Waals surface area contributed by atoms with Crippen molar-refractivity contribution in [2.75, 3.05) is 6.54 Å². The van der Waals surface area contributed by atoms with E-state index in [0.29, 0.717) is 0 Å². The quantitative estimate of drug-likeness (QED) is 0.713. The van der Waals surface area contributed by atoms with Crippen LogP contribution in [0.5, 0.6) is 0 Å². The number of benzene rings is 2. The standard InChI is InChI=1S/C17H17N3O3/c18-8-3-9-19-16(21)11-15(20-17(22)23)14-7-6-12-4-1-2-5-13(12)10-14/h1-2,4-7,10,15,20H,3,9,11H2,(H,19,21)(H,22,23). The van der Waals surface area contributed by atoms with Crippen molar-refractivity contribution >= 4 is 22.8 Å². The highest BCUT2D eigenvalue weighted by Gasteiger charge is 2.18. The van der Waals surface area contributed by atoms with Gasteiger partial charge in [0.15, 0.2) is 0 Å². The fourth-order valence-corrected chi connectivity index (χ4v) is 2.34. The predicted molar refractivity (Wildman–Crippen MR) is 85.7 cm³/mol. The molecule has 0 aliphatic carbocycles.